The molecule has 8 heteroatoms. The van der Waals surface area contributed by atoms with E-state index in [4.69, 9.17) is 5.73 Å². The summed E-state index contributed by atoms with van der Waals surface area (Å²) in [6.45, 7) is 0.478. The van der Waals surface area contributed by atoms with E-state index < -0.39 is 19.9 Å². The number of benzene rings is 1. The quantitative estimate of drug-likeness (QED) is 0.824. The van der Waals surface area contributed by atoms with E-state index >= 15 is 0 Å². The van der Waals surface area contributed by atoms with Gasteiger partial charge in [0.05, 0.1) is 9.73 Å². The van der Waals surface area contributed by atoms with Crippen LogP contribution in [0.4, 0.5) is 0 Å². The highest BCUT2D eigenvalue weighted by atomic mass is 32.3. The zero-order valence-corrected chi connectivity index (χ0v) is 12.7. The summed E-state index contributed by atoms with van der Waals surface area (Å²) in [7, 11) is -6.67. The Bertz CT molecular complexity index is 612. The Morgan fingerprint density at radius 2 is 1.74 bits per heavy atom. The fraction of sp³-hybridized carbons (Fsp3) is 0.455. The largest absolute Gasteiger partial charge is 0.330 e. The van der Waals surface area contributed by atoms with Crippen LogP contribution in [0, 0.1) is 0 Å². The number of nitrogens with zero attached hydrogens (tertiary/aromatic N) is 2. The summed E-state index contributed by atoms with van der Waals surface area (Å²) in [5.41, 5.74) is 6.25. The molecule has 0 aliphatic rings. The van der Waals surface area contributed by atoms with Gasteiger partial charge in [-0.25, -0.2) is 4.21 Å². The summed E-state index contributed by atoms with van der Waals surface area (Å²) >= 11 is 0. The second-order valence-corrected chi connectivity index (χ2v) is 8.71. The fourth-order valence-electron chi connectivity index (χ4n) is 1.48. The Labute approximate surface area is 115 Å². The standard InChI is InChI=1S/C11H19N3O3S2/c1-18(2,15)13-19(16,17)14(9-8-12)10-11-6-4-3-5-7-11/h3-7H,8-10,12H2,1-2H3. The van der Waals surface area contributed by atoms with E-state index in [1.165, 1.54) is 12.5 Å². The van der Waals surface area contributed by atoms with Crippen LogP contribution in [0.2, 0.25) is 0 Å². The third kappa shape index (κ3) is 5.68. The molecule has 0 aliphatic carbocycles. The van der Waals surface area contributed by atoms with Crippen LogP contribution in [0.15, 0.2) is 34.1 Å². The minimum atomic E-state index is -3.94. The topological polar surface area (TPSA) is 92.8 Å². The molecule has 1 rings (SSSR count). The molecule has 108 valence electrons. The van der Waals surface area contributed by atoms with E-state index in [-0.39, 0.29) is 19.6 Å². The van der Waals surface area contributed by atoms with Gasteiger partial charge in [-0.2, -0.15) is 12.7 Å². The Morgan fingerprint density at radius 3 is 2.21 bits per heavy atom. The summed E-state index contributed by atoms with van der Waals surface area (Å²) in [6, 6.07) is 9.12. The molecule has 0 atom stereocenters. The van der Waals surface area contributed by atoms with Gasteiger partial charge in [0, 0.05) is 32.1 Å². The lowest BCUT2D eigenvalue weighted by Gasteiger charge is -2.18. The minimum absolute atomic E-state index is 0.135. The molecule has 2 N–H and O–H groups in total. The van der Waals surface area contributed by atoms with Crippen molar-refractivity contribution in [3.63, 3.8) is 0 Å². The monoisotopic (exact) mass is 305 g/mol. The first-order valence-electron chi connectivity index (χ1n) is 5.67. The van der Waals surface area contributed by atoms with Crippen LogP contribution < -0.4 is 5.73 Å². The highest BCUT2D eigenvalue weighted by Gasteiger charge is 2.21. The lowest BCUT2D eigenvalue weighted by atomic mass is 10.2. The van der Waals surface area contributed by atoms with Crippen molar-refractivity contribution in [2.75, 3.05) is 25.6 Å². The number of nitrogens with two attached hydrogens (primary N) is 1. The lowest BCUT2D eigenvalue weighted by molar-refractivity contribution is 0.415. The van der Waals surface area contributed by atoms with Crippen LogP contribution in [-0.2, 0) is 26.5 Å². The van der Waals surface area contributed by atoms with E-state index in [0.717, 1.165) is 9.87 Å². The molecule has 1 aromatic rings. The fourth-order valence-corrected chi connectivity index (χ4v) is 4.32. The number of hydrogen-bond donors (Lipinski definition) is 1. The van der Waals surface area contributed by atoms with Gasteiger partial charge in [-0.1, -0.05) is 34.1 Å². The molecule has 1 aromatic carbocycles. The first-order valence-corrected chi connectivity index (χ1v) is 9.40. The summed E-state index contributed by atoms with van der Waals surface area (Å²) in [5.74, 6) is 0. The molecule has 0 aliphatic heterocycles. The molecule has 19 heavy (non-hydrogen) atoms. The van der Waals surface area contributed by atoms with Crippen molar-refractivity contribution in [2.24, 2.45) is 9.50 Å². The van der Waals surface area contributed by atoms with Gasteiger partial charge >= 0.3 is 10.2 Å². The van der Waals surface area contributed by atoms with Gasteiger partial charge in [0.25, 0.3) is 0 Å². The second-order valence-electron chi connectivity index (χ2n) is 4.34. The predicted molar refractivity (Wildman–Crippen MR) is 77.2 cm³/mol. The molecule has 0 radical (unpaired) electrons. The highest BCUT2D eigenvalue weighted by molar-refractivity contribution is 8.01. The first-order chi connectivity index (χ1) is 8.74. The summed E-state index contributed by atoms with van der Waals surface area (Å²) < 4.78 is 40.3. The van der Waals surface area contributed by atoms with Gasteiger partial charge in [-0.3, -0.25) is 0 Å². The van der Waals surface area contributed by atoms with Crippen molar-refractivity contribution in [1.82, 2.24) is 4.31 Å². The molecule has 0 saturated heterocycles. The normalized spacial score (nSPS) is 12.6. The molecule has 0 unspecified atom stereocenters. The maximum absolute atomic E-state index is 12.1. The van der Waals surface area contributed by atoms with Gasteiger partial charge in [0.2, 0.25) is 0 Å². The van der Waals surface area contributed by atoms with Crippen molar-refractivity contribution in [3.8, 4) is 0 Å². The summed E-state index contributed by atoms with van der Waals surface area (Å²) in [4.78, 5) is 0. The summed E-state index contributed by atoms with van der Waals surface area (Å²) in [6.07, 6.45) is 2.57. The van der Waals surface area contributed by atoms with E-state index in [1.54, 1.807) is 0 Å². The Kier molecular flexibility index (Phi) is 5.48. The van der Waals surface area contributed by atoms with Crippen LogP contribution in [0.3, 0.4) is 0 Å². The van der Waals surface area contributed by atoms with Gasteiger partial charge in [-0.15, -0.1) is 0 Å². The zero-order valence-electron chi connectivity index (χ0n) is 11.0. The van der Waals surface area contributed by atoms with Gasteiger partial charge in [0.15, 0.2) is 0 Å². The Balaban J connectivity index is 3.05. The zero-order chi connectivity index (χ0) is 14.5. The molecule has 0 fully saturated rings. The van der Waals surface area contributed by atoms with Crippen LogP contribution in [0.1, 0.15) is 5.56 Å². The molecule has 0 amide bonds. The summed E-state index contributed by atoms with van der Waals surface area (Å²) in [5, 5.41) is 0. The molecule has 0 spiro atoms. The van der Waals surface area contributed by atoms with Gasteiger partial charge < -0.3 is 5.73 Å². The number of hydrogen-bond acceptors (Lipinski definition) is 4. The average molecular weight is 305 g/mol. The molecule has 6 nitrogen and oxygen atoms in total. The van der Waals surface area contributed by atoms with Crippen molar-refractivity contribution < 1.29 is 12.6 Å². The van der Waals surface area contributed by atoms with Crippen LogP contribution in [-0.4, -0.2) is 42.5 Å². The third-order valence-corrected chi connectivity index (χ3v) is 5.33. The van der Waals surface area contributed by atoms with Crippen LogP contribution in [0.25, 0.3) is 0 Å². The van der Waals surface area contributed by atoms with E-state index in [2.05, 4.69) is 3.77 Å². The predicted octanol–water partition coefficient (Wildman–Crippen LogP) is 0.420. The maximum atomic E-state index is 12.1. The van der Waals surface area contributed by atoms with Crippen molar-refractivity contribution >= 4 is 19.9 Å². The van der Waals surface area contributed by atoms with Crippen molar-refractivity contribution in [2.45, 2.75) is 6.54 Å². The Hall–Kier alpha value is -0.960. The number of rotatable bonds is 6. The highest BCUT2D eigenvalue weighted by Crippen LogP contribution is 2.11. The molecular formula is C11H19N3O3S2. The van der Waals surface area contributed by atoms with Gasteiger partial charge in [0.1, 0.15) is 0 Å². The van der Waals surface area contributed by atoms with Crippen LogP contribution >= 0.6 is 0 Å². The first kappa shape index (κ1) is 16.1. The van der Waals surface area contributed by atoms with Gasteiger partial charge in [-0.05, 0) is 5.56 Å². The molecule has 0 aromatic heterocycles. The van der Waals surface area contributed by atoms with Crippen molar-refractivity contribution in [1.29, 1.82) is 0 Å². The third-order valence-electron chi connectivity index (χ3n) is 2.18. The minimum Gasteiger partial charge on any atom is -0.329 e. The Morgan fingerprint density at radius 1 is 1.16 bits per heavy atom. The molecule has 0 saturated carbocycles. The van der Waals surface area contributed by atoms with E-state index in [9.17, 15) is 12.6 Å². The maximum Gasteiger partial charge on any atom is 0.330 e. The molecule has 0 bridgehead atoms. The van der Waals surface area contributed by atoms with E-state index in [0.29, 0.717) is 0 Å². The average Bonchev–Trinajstić information content (AvgIpc) is 2.26. The second kappa shape index (κ2) is 6.47. The smallest absolute Gasteiger partial charge is 0.329 e. The van der Waals surface area contributed by atoms with Crippen LogP contribution in [0.5, 0.6) is 0 Å². The van der Waals surface area contributed by atoms with Crippen molar-refractivity contribution in [3.05, 3.63) is 35.9 Å². The molecular weight excluding hydrogens is 286 g/mol. The van der Waals surface area contributed by atoms with E-state index in [1.807, 2.05) is 30.3 Å². The lowest BCUT2D eigenvalue weighted by Crippen LogP contribution is -2.34. The SMILES string of the molecule is CS(C)(=O)=NS(=O)(=O)N(CCN)Cc1ccccc1. The molecule has 0 heterocycles.